The van der Waals surface area contributed by atoms with Gasteiger partial charge in [-0.25, -0.2) is 0 Å². The summed E-state index contributed by atoms with van der Waals surface area (Å²) in [6.45, 7) is 0.763. The second-order valence-electron chi connectivity index (χ2n) is 6.54. The smallest absolute Gasteiger partial charge is 0.261 e. The fourth-order valence-electron chi connectivity index (χ4n) is 3.03. The Morgan fingerprint density at radius 2 is 2.00 bits per heavy atom. The Balaban J connectivity index is 1.60. The Labute approximate surface area is 129 Å². The molecule has 4 rings (SSSR count). The SMILES string of the molecule is NC1(c2noc(-c3ccccc3OCC3CC3)n2)CCCC1. The lowest BCUT2D eigenvalue weighted by atomic mass is 9.99. The van der Waals surface area contributed by atoms with Crippen LogP contribution < -0.4 is 10.5 Å². The van der Waals surface area contributed by atoms with Crippen molar-refractivity contribution in [2.24, 2.45) is 11.7 Å². The molecule has 0 saturated heterocycles. The molecule has 5 heteroatoms. The number of benzene rings is 1. The minimum absolute atomic E-state index is 0.425. The van der Waals surface area contributed by atoms with Crippen LogP contribution in [0.5, 0.6) is 5.75 Å². The average Bonchev–Trinajstić information content (AvgIpc) is 3.04. The minimum Gasteiger partial charge on any atom is -0.492 e. The van der Waals surface area contributed by atoms with E-state index in [1.165, 1.54) is 12.8 Å². The normalized spacial score (nSPS) is 20.2. The first-order valence-corrected chi connectivity index (χ1v) is 8.10. The molecule has 2 aliphatic carbocycles. The van der Waals surface area contributed by atoms with Gasteiger partial charge in [0.15, 0.2) is 5.82 Å². The van der Waals surface area contributed by atoms with Gasteiger partial charge in [-0.3, -0.25) is 0 Å². The van der Waals surface area contributed by atoms with E-state index < -0.39 is 5.54 Å². The number of hydrogen-bond acceptors (Lipinski definition) is 5. The molecule has 0 bridgehead atoms. The second kappa shape index (κ2) is 5.39. The molecular formula is C17H21N3O2. The molecule has 2 N–H and O–H groups in total. The third-order valence-corrected chi connectivity index (χ3v) is 4.66. The molecule has 5 nitrogen and oxygen atoms in total. The van der Waals surface area contributed by atoms with Crippen LogP contribution in [0, 0.1) is 5.92 Å². The molecule has 1 aromatic heterocycles. The van der Waals surface area contributed by atoms with Crippen molar-refractivity contribution < 1.29 is 9.26 Å². The maximum atomic E-state index is 6.40. The summed E-state index contributed by atoms with van der Waals surface area (Å²) >= 11 is 0. The third kappa shape index (κ3) is 2.61. The van der Waals surface area contributed by atoms with Gasteiger partial charge in [0.1, 0.15) is 5.75 Å². The van der Waals surface area contributed by atoms with Gasteiger partial charge in [0.05, 0.1) is 17.7 Å². The highest BCUT2D eigenvalue weighted by Crippen LogP contribution is 2.37. The molecule has 0 aliphatic heterocycles. The van der Waals surface area contributed by atoms with Gasteiger partial charge in [-0.1, -0.05) is 30.1 Å². The van der Waals surface area contributed by atoms with Gasteiger partial charge in [-0.2, -0.15) is 4.98 Å². The first-order valence-electron chi connectivity index (χ1n) is 8.10. The number of nitrogens with two attached hydrogens (primary N) is 1. The quantitative estimate of drug-likeness (QED) is 0.917. The molecular weight excluding hydrogens is 278 g/mol. The van der Waals surface area contributed by atoms with Gasteiger partial charge < -0.3 is 15.0 Å². The highest BCUT2D eigenvalue weighted by molar-refractivity contribution is 5.62. The van der Waals surface area contributed by atoms with Gasteiger partial charge in [0.25, 0.3) is 5.89 Å². The lowest BCUT2D eigenvalue weighted by molar-refractivity contribution is 0.299. The van der Waals surface area contributed by atoms with Crippen molar-refractivity contribution in [3.8, 4) is 17.2 Å². The standard InChI is InChI=1S/C17H21N3O2/c18-17(9-3-4-10-17)16-19-15(22-20-16)13-5-1-2-6-14(13)21-11-12-7-8-12/h1-2,5-6,12H,3-4,7-11,18H2. The molecule has 0 spiro atoms. The van der Waals surface area contributed by atoms with E-state index in [0.29, 0.717) is 17.6 Å². The molecule has 0 radical (unpaired) electrons. The third-order valence-electron chi connectivity index (χ3n) is 4.66. The Kier molecular flexibility index (Phi) is 3.37. The molecule has 0 amide bonds. The Hall–Kier alpha value is -1.88. The molecule has 2 aromatic rings. The summed E-state index contributed by atoms with van der Waals surface area (Å²) in [5.41, 5.74) is 6.83. The van der Waals surface area contributed by atoms with Crippen LogP contribution in [-0.2, 0) is 5.54 Å². The van der Waals surface area contributed by atoms with E-state index >= 15 is 0 Å². The van der Waals surface area contributed by atoms with Crippen molar-refractivity contribution in [3.05, 3.63) is 30.1 Å². The number of hydrogen-bond donors (Lipinski definition) is 1. The Morgan fingerprint density at radius 3 is 2.77 bits per heavy atom. The zero-order valence-corrected chi connectivity index (χ0v) is 12.6. The van der Waals surface area contributed by atoms with Crippen LogP contribution in [0.4, 0.5) is 0 Å². The number of para-hydroxylation sites is 1. The highest BCUT2D eigenvalue weighted by Gasteiger charge is 2.36. The van der Waals surface area contributed by atoms with Crippen molar-refractivity contribution in [2.75, 3.05) is 6.61 Å². The highest BCUT2D eigenvalue weighted by atomic mass is 16.5. The number of aromatic nitrogens is 2. The predicted octanol–water partition coefficient (Wildman–Crippen LogP) is 3.25. The largest absolute Gasteiger partial charge is 0.492 e. The zero-order chi connectivity index (χ0) is 15.0. The molecule has 22 heavy (non-hydrogen) atoms. The van der Waals surface area contributed by atoms with Crippen molar-refractivity contribution in [3.63, 3.8) is 0 Å². The van der Waals surface area contributed by atoms with Crippen molar-refractivity contribution in [1.29, 1.82) is 0 Å². The van der Waals surface area contributed by atoms with E-state index in [1.54, 1.807) is 0 Å². The maximum absolute atomic E-state index is 6.40. The molecule has 2 fully saturated rings. The summed E-state index contributed by atoms with van der Waals surface area (Å²) in [5.74, 6) is 2.63. The van der Waals surface area contributed by atoms with E-state index in [1.807, 2.05) is 24.3 Å². The van der Waals surface area contributed by atoms with E-state index in [2.05, 4.69) is 10.1 Å². The van der Waals surface area contributed by atoms with Crippen LogP contribution >= 0.6 is 0 Å². The van der Waals surface area contributed by atoms with E-state index in [9.17, 15) is 0 Å². The zero-order valence-electron chi connectivity index (χ0n) is 12.6. The molecule has 1 aromatic carbocycles. The lowest BCUT2D eigenvalue weighted by Gasteiger charge is -2.17. The number of nitrogens with zero attached hydrogens (tertiary/aromatic N) is 2. The van der Waals surface area contributed by atoms with Gasteiger partial charge >= 0.3 is 0 Å². The maximum Gasteiger partial charge on any atom is 0.261 e. The van der Waals surface area contributed by atoms with E-state index in [4.69, 9.17) is 15.0 Å². The van der Waals surface area contributed by atoms with E-state index in [-0.39, 0.29) is 0 Å². The van der Waals surface area contributed by atoms with Crippen molar-refractivity contribution in [2.45, 2.75) is 44.1 Å². The van der Waals surface area contributed by atoms with Gasteiger partial charge in [-0.05, 0) is 43.7 Å². The Bertz CT molecular complexity index is 657. The summed E-state index contributed by atoms with van der Waals surface area (Å²) in [5, 5.41) is 4.13. The van der Waals surface area contributed by atoms with Crippen LogP contribution in [0.15, 0.2) is 28.8 Å². The molecule has 0 unspecified atom stereocenters. The van der Waals surface area contributed by atoms with Gasteiger partial charge in [-0.15, -0.1) is 0 Å². The van der Waals surface area contributed by atoms with Crippen LogP contribution in [0.25, 0.3) is 11.5 Å². The summed E-state index contributed by atoms with van der Waals surface area (Å²) < 4.78 is 11.4. The van der Waals surface area contributed by atoms with Gasteiger partial charge in [0.2, 0.25) is 0 Å². The molecule has 1 heterocycles. The first kappa shape index (κ1) is 13.8. The fourth-order valence-corrected chi connectivity index (χ4v) is 3.03. The van der Waals surface area contributed by atoms with Crippen LogP contribution in [0.3, 0.4) is 0 Å². The van der Waals surface area contributed by atoms with Crippen LogP contribution in [-0.4, -0.2) is 16.7 Å². The summed E-state index contributed by atoms with van der Waals surface area (Å²) in [6.07, 6.45) is 6.63. The number of rotatable bonds is 5. The summed E-state index contributed by atoms with van der Waals surface area (Å²) in [7, 11) is 0. The molecule has 2 saturated carbocycles. The topological polar surface area (TPSA) is 74.2 Å². The number of ether oxygens (including phenoxy) is 1. The van der Waals surface area contributed by atoms with Crippen molar-refractivity contribution in [1.82, 2.24) is 10.1 Å². The average molecular weight is 299 g/mol. The Morgan fingerprint density at radius 1 is 1.23 bits per heavy atom. The first-order chi connectivity index (χ1) is 10.7. The molecule has 2 aliphatic rings. The molecule has 116 valence electrons. The second-order valence-corrected chi connectivity index (χ2v) is 6.54. The predicted molar refractivity (Wildman–Crippen MR) is 82.3 cm³/mol. The van der Waals surface area contributed by atoms with Crippen LogP contribution in [0.1, 0.15) is 44.3 Å². The summed E-state index contributed by atoms with van der Waals surface area (Å²) in [6, 6.07) is 7.83. The van der Waals surface area contributed by atoms with Crippen LogP contribution in [0.2, 0.25) is 0 Å². The lowest BCUT2D eigenvalue weighted by Crippen LogP contribution is -2.34. The molecule has 0 atom stereocenters. The summed E-state index contributed by atoms with van der Waals surface area (Å²) in [4.78, 5) is 4.55. The van der Waals surface area contributed by atoms with E-state index in [0.717, 1.165) is 43.6 Å². The minimum atomic E-state index is -0.425. The van der Waals surface area contributed by atoms with Gasteiger partial charge in [0, 0.05) is 0 Å². The fraction of sp³-hybridized carbons (Fsp3) is 0.529. The monoisotopic (exact) mass is 299 g/mol. The van der Waals surface area contributed by atoms with Crippen molar-refractivity contribution >= 4 is 0 Å².